The van der Waals surface area contributed by atoms with Crippen molar-refractivity contribution in [3.05, 3.63) is 63.6 Å². The summed E-state index contributed by atoms with van der Waals surface area (Å²) in [5, 5.41) is 5.26. The normalized spacial score (nSPS) is 14.8. The molecular weight excluding hydrogens is 469 g/mol. The monoisotopic (exact) mass is 491 g/mol. The number of fused-ring (bicyclic) bond motifs is 1. The van der Waals surface area contributed by atoms with Gasteiger partial charge in [0.25, 0.3) is 11.8 Å². The van der Waals surface area contributed by atoms with Crippen molar-refractivity contribution in [1.29, 1.82) is 0 Å². The summed E-state index contributed by atoms with van der Waals surface area (Å²) in [6.45, 7) is 0.711. The minimum absolute atomic E-state index is 0.0106. The Morgan fingerprint density at radius 1 is 1.06 bits per heavy atom. The summed E-state index contributed by atoms with van der Waals surface area (Å²) in [4.78, 5) is 50.3. The lowest BCUT2D eigenvalue weighted by molar-refractivity contribution is -0.147. The van der Waals surface area contributed by atoms with Gasteiger partial charge in [0.05, 0.1) is 17.1 Å². The van der Waals surface area contributed by atoms with Gasteiger partial charge in [-0.05, 0) is 49.6 Å². The molecule has 2 N–H and O–H groups in total. The first kappa shape index (κ1) is 24.5. The molecule has 1 unspecified atom stereocenters. The Morgan fingerprint density at radius 3 is 2.58 bits per heavy atom. The number of benzene rings is 2. The molecule has 0 aliphatic carbocycles. The molecule has 0 radical (unpaired) electrons. The molecule has 0 fully saturated rings. The molecule has 1 aliphatic rings. The highest BCUT2D eigenvalue weighted by Gasteiger charge is 2.28. The minimum Gasteiger partial charge on any atom is -0.454 e. The summed E-state index contributed by atoms with van der Waals surface area (Å²) in [5.41, 5.74) is 2.06. The van der Waals surface area contributed by atoms with Gasteiger partial charge in [-0.3, -0.25) is 19.2 Å². The molecule has 0 bridgehead atoms. The number of halogens is 2. The van der Waals surface area contributed by atoms with Crippen LogP contribution in [0.5, 0.6) is 0 Å². The second-order valence-corrected chi connectivity index (χ2v) is 8.37. The quantitative estimate of drug-likeness (QED) is 0.579. The molecule has 3 rings (SSSR count). The molecule has 3 amide bonds. The molecule has 2 aromatic carbocycles. The van der Waals surface area contributed by atoms with Gasteiger partial charge in [0.2, 0.25) is 5.91 Å². The number of hydrogen-bond acceptors (Lipinski definition) is 5. The number of ether oxygens (including phenoxy) is 1. The number of esters is 1. The molecule has 0 saturated carbocycles. The third-order valence-corrected chi connectivity index (χ3v) is 5.71. The fourth-order valence-electron chi connectivity index (χ4n) is 3.49. The Labute approximate surface area is 201 Å². The van der Waals surface area contributed by atoms with Crippen molar-refractivity contribution in [2.24, 2.45) is 0 Å². The van der Waals surface area contributed by atoms with Crippen LogP contribution in [0.3, 0.4) is 0 Å². The van der Waals surface area contributed by atoms with E-state index in [1.54, 1.807) is 4.90 Å². The molecular formula is C23H23Cl2N3O5. The van der Waals surface area contributed by atoms with Crippen LogP contribution in [0.15, 0.2) is 42.5 Å². The van der Waals surface area contributed by atoms with E-state index in [1.165, 1.54) is 18.2 Å². The summed E-state index contributed by atoms with van der Waals surface area (Å²) in [7, 11) is 0. The highest BCUT2D eigenvalue weighted by molar-refractivity contribution is 6.36. The maximum Gasteiger partial charge on any atom is 0.325 e. The number of carbonyl (C=O) groups is 4. The van der Waals surface area contributed by atoms with Gasteiger partial charge in [-0.1, -0.05) is 41.4 Å². The highest BCUT2D eigenvalue weighted by Crippen LogP contribution is 2.30. The average molecular weight is 492 g/mol. The van der Waals surface area contributed by atoms with E-state index in [0.717, 1.165) is 24.1 Å². The van der Waals surface area contributed by atoms with Gasteiger partial charge >= 0.3 is 5.97 Å². The molecule has 8 nitrogen and oxygen atoms in total. The fourth-order valence-corrected chi connectivity index (χ4v) is 3.99. The predicted molar refractivity (Wildman–Crippen MR) is 124 cm³/mol. The van der Waals surface area contributed by atoms with Crippen molar-refractivity contribution in [3.8, 4) is 0 Å². The van der Waals surface area contributed by atoms with Crippen molar-refractivity contribution in [2.75, 3.05) is 24.6 Å². The number of amides is 3. The summed E-state index contributed by atoms with van der Waals surface area (Å²) >= 11 is 11.7. The van der Waals surface area contributed by atoms with Crippen molar-refractivity contribution in [2.45, 2.75) is 25.8 Å². The number of hydrogen-bond donors (Lipinski definition) is 2. The Bertz CT molecular complexity index is 1080. The van der Waals surface area contributed by atoms with Gasteiger partial charge in [0.15, 0.2) is 6.61 Å². The van der Waals surface area contributed by atoms with Gasteiger partial charge in [0, 0.05) is 16.8 Å². The largest absolute Gasteiger partial charge is 0.454 e. The fraction of sp³-hybridized carbons (Fsp3) is 0.304. The van der Waals surface area contributed by atoms with Gasteiger partial charge in [-0.2, -0.15) is 0 Å². The SMILES string of the molecule is CC1CCc2ccccc2N1C(=O)COC(=O)CNC(=O)CNC(=O)c1ccc(Cl)cc1Cl. The van der Waals surface area contributed by atoms with Gasteiger partial charge in [0.1, 0.15) is 6.54 Å². The number of anilines is 1. The molecule has 1 atom stereocenters. The van der Waals surface area contributed by atoms with Crippen molar-refractivity contribution in [1.82, 2.24) is 10.6 Å². The summed E-state index contributed by atoms with van der Waals surface area (Å²) in [6, 6.07) is 12.0. The molecule has 10 heteroatoms. The summed E-state index contributed by atoms with van der Waals surface area (Å²) in [6.07, 6.45) is 1.70. The topological polar surface area (TPSA) is 105 Å². The molecule has 0 aromatic heterocycles. The van der Waals surface area contributed by atoms with Crippen LogP contribution in [-0.2, 0) is 25.5 Å². The van der Waals surface area contributed by atoms with Gasteiger partial charge in [-0.15, -0.1) is 0 Å². The maximum absolute atomic E-state index is 12.7. The van der Waals surface area contributed by atoms with E-state index in [4.69, 9.17) is 27.9 Å². The molecule has 0 spiro atoms. The Balaban J connectivity index is 1.42. The number of rotatable bonds is 7. The molecule has 33 heavy (non-hydrogen) atoms. The van der Waals surface area contributed by atoms with Crippen molar-refractivity contribution in [3.63, 3.8) is 0 Å². The Hall–Kier alpha value is -3.10. The minimum atomic E-state index is -0.762. The highest BCUT2D eigenvalue weighted by atomic mass is 35.5. The zero-order valence-electron chi connectivity index (χ0n) is 17.9. The van der Waals surface area contributed by atoms with Crippen LogP contribution in [0.1, 0.15) is 29.3 Å². The Morgan fingerprint density at radius 2 is 1.82 bits per heavy atom. The van der Waals surface area contributed by atoms with Gasteiger partial charge < -0.3 is 20.3 Å². The zero-order chi connectivity index (χ0) is 24.0. The number of carbonyl (C=O) groups excluding carboxylic acids is 4. The maximum atomic E-state index is 12.7. The van der Waals surface area contributed by atoms with Crippen LogP contribution in [-0.4, -0.2) is 49.4 Å². The lowest BCUT2D eigenvalue weighted by Crippen LogP contribution is -2.45. The van der Waals surface area contributed by atoms with Crippen molar-refractivity contribution >= 4 is 52.6 Å². The predicted octanol–water partition coefficient (Wildman–Crippen LogP) is 2.75. The van der Waals surface area contributed by atoms with Crippen LogP contribution in [0.25, 0.3) is 0 Å². The van der Waals surface area contributed by atoms with E-state index in [1.807, 2.05) is 31.2 Å². The van der Waals surface area contributed by atoms with Crippen LogP contribution in [0.4, 0.5) is 5.69 Å². The molecule has 0 saturated heterocycles. The summed E-state index contributed by atoms with van der Waals surface area (Å²) in [5.74, 6) is -2.26. The van der Waals surface area contributed by atoms with E-state index >= 15 is 0 Å². The van der Waals surface area contributed by atoms with E-state index in [9.17, 15) is 19.2 Å². The third kappa shape index (κ3) is 6.46. The van der Waals surface area contributed by atoms with E-state index in [0.29, 0.717) is 5.02 Å². The summed E-state index contributed by atoms with van der Waals surface area (Å²) < 4.78 is 5.03. The van der Waals surface area contributed by atoms with Crippen molar-refractivity contribution < 1.29 is 23.9 Å². The van der Waals surface area contributed by atoms with Crippen LogP contribution in [0.2, 0.25) is 10.0 Å². The second-order valence-electron chi connectivity index (χ2n) is 7.52. The lowest BCUT2D eigenvalue weighted by Gasteiger charge is -2.35. The first-order valence-electron chi connectivity index (χ1n) is 10.3. The first-order valence-corrected chi connectivity index (χ1v) is 11.1. The molecule has 174 valence electrons. The number of aryl methyl sites for hydroxylation is 1. The van der Waals surface area contributed by atoms with Crippen LogP contribution < -0.4 is 15.5 Å². The van der Waals surface area contributed by atoms with E-state index < -0.39 is 30.9 Å². The third-order valence-electron chi connectivity index (χ3n) is 5.16. The standard InChI is InChI=1S/C23H23Cl2N3O5/c1-14-6-7-15-4-2-3-5-19(15)28(14)21(30)13-33-22(31)12-26-20(29)11-27-23(32)17-9-8-16(24)10-18(17)25/h2-5,8-10,14H,6-7,11-13H2,1H3,(H,26,29)(H,27,32). The van der Waals surface area contributed by atoms with Gasteiger partial charge in [-0.25, -0.2) is 0 Å². The number of nitrogens with one attached hydrogen (secondary N) is 2. The van der Waals surface area contributed by atoms with Crippen LogP contribution >= 0.6 is 23.2 Å². The first-order chi connectivity index (χ1) is 15.8. The molecule has 1 aliphatic heterocycles. The molecule has 1 heterocycles. The number of nitrogens with zero attached hydrogens (tertiary/aromatic N) is 1. The zero-order valence-corrected chi connectivity index (χ0v) is 19.4. The smallest absolute Gasteiger partial charge is 0.325 e. The second kappa shape index (κ2) is 11.2. The molecule has 2 aromatic rings. The number of para-hydroxylation sites is 1. The van der Waals surface area contributed by atoms with E-state index in [-0.39, 0.29) is 29.1 Å². The average Bonchev–Trinajstić information content (AvgIpc) is 2.79. The van der Waals surface area contributed by atoms with Crippen LogP contribution in [0, 0.1) is 0 Å². The lowest BCUT2D eigenvalue weighted by atomic mass is 9.96. The Kier molecular flexibility index (Phi) is 8.30. The van der Waals surface area contributed by atoms with E-state index in [2.05, 4.69) is 10.6 Å².